The highest BCUT2D eigenvalue weighted by Gasteiger charge is 2.40. The fourth-order valence-corrected chi connectivity index (χ4v) is 7.19. The van der Waals surface area contributed by atoms with E-state index < -0.39 is 17.2 Å². The molecule has 4 aromatic carbocycles. The summed E-state index contributed by atoms with van der Waals surface area (Å²) in [6.45, 7) is 16.7. The van der Waals surface area contributed by atoms with Gasteiger partial charge in [-0.2, -0.15) is 13.2 Å². The van der Waals surface area contributed by atoms with Gasteiger partial charge >= 0.3 is 6.18 Å². The highest BCUT2D eigenvalue weighted by atomic mass is 32.2. The Morgan fingerprint density at radius 2 is 1.48 bits per heavy atom. The maximum absolute atomic E-state index is 13.8. The molecule has 1 aliphatic heterocycles. The summed E-state index contributed by atoms with van der Waals surface area (Å²) in [6.07, 6.45) is 3.41. The van der Waals surface area contributed by atoms with Crippen LogP contribution in [-0.4, -0.2) is 31.5 Å². The molecule has 0 radical (unpaired) electrons. The molecule has 0 spiro atoms. The molecule has 0 bridgehead atoms. The van der Waals surface area contributed by atoms with Crippen LogP contribution in [0.4, 0.5) is 18.9 Å². The van der Waals surface area contributed by atoms with E-state index in [2.05, 4.69) is 121 Å². The molecule has 1 heterocycles. The number of anilines is 1. The third-order valence-corrected chi connectivity index (χ3v) is 10.0. The molecule has 50 heavy (non-hydrogen) atoms. The number of benzene rings is 4. The molecule has 0 amide bonds. The molecular weight excluding hydrogens is 648 g/mol. The Hall–Kier alpha value is -3.96. The summed E-state index contributed by atoms with van der Waals surface area (Å²) in [6, 6.07) is 29.6. The number of hydrogen-bond donors (Lipinski definition) is 2. The number of piperidine rings is 1. The van der Waals surface area contributed by atoms with Crippen LogP contribution in [0.25, 0.3) is 11.1 Å². The lowest BCUT2D eigenvalue weighted by molar-refractivity contribution is -0.137. The van der Waals surface area contributed by atoms with Crippen molar-refractivity contribution in [2.45, 2.75) is 65.0 Å². The zero-order valence-electron chi connectivity index (χ0n) is 30.5. The summed E-state index contributed by atoms with van der Waals surface area (Å²) < 4.78 is 43.9. The third-order valence-electron chi connectivity index (χ3n) is 8.93. The second kappa shape index (κ2) is 18.9. The van der Waals surface area contributed by atoms with Crippen molar-refractivity contribution in [1.82, 2.24) is 9.62 Å². The van der Waals surface area contributed by atoms with Crippen molar-refractivity contribution in [2.75, 3.05) is 32.5 Å². The zero-order chi connectivity index (χ0) is 36.9. The first-order valence-corrected chi connectivity index (χ1v) is 18.0. The molecule has 1 fully saturated rings. The smallest absolute Gasteiger partial charge is 0.359 e. The number of nitrogens with zero attached hydrogens (tertiary/aromatic N) is 1. The van der Waals surface area contributed by atoms with E-state index in [0.717, 1.165) is 48.7 Å². The molecule has 4 aromatic rings. The molecule has 7 heteroatoms. The molecular formula is C43H52F3N3S. The first-order valence-electron chi connectivity index (χ1n) is 17.2. The summed E-state index contributed by atoms with van der Waals surface area (Å²) in [5.74, 6) is 2.43. The minimum absolute atomic E-state index is 0.173. The van der Waals surface area contributed by atoms with Crippen LogP contribution in [0, 0.1) is 37.5 Å². The second-order valence-electron chi connectivity index (χ2n) is 12.8. The quantitative estimate of drug-likeness (QED) is 0.134. The Bertz CT molecular complexity index is 1720. The van der Waals surface area contributed by atoms with Crippen LogP contribution in [0.15, 0.2) is 108 Å². The van der Waals surface area contributed by atoms with Gasteiger partial charge in [0, 0.05) is 40.3 Å². The van der Waals surface area contributed by atoms with Crippen molar-refractivity contribution in [2.24, 2.45) is 11.3 Å². The summed E-state index contributed by atoms with van der Waals surface area (Å²) in [7, 11) is 3.75. The first-order chi connectivity index (χ1) is 23.9. The van der Waals surface area contributed by atoms with Crippen molar-refractivity contribution in [3.63, 3.8) is 0 Å². The van der Waals surface area contributed by atoms with E-state index in [9.17, 15) is 13.2 Å². The average molecular weight is 700 g/mol. The molecule has 0 saturated carbocycles. The second-order valence-corrected chi connectivity index (χ2v) is 13.9. The topological polar surface area (TPSA) is 27.3 Å². The molecule has 0 aromatic heterocycles. The summed E-state index contributed by atoms with van der Waals surface area (Å²) in [5.41, 5.74) is 5.50. The molecule has 1 atom stereocenters. The van der Waals surface area contributed by atoms with Crippen LogP contribution >= 0.6 is 11.9 Å². The molecule has 2 N–H and O–H groups in total. The van der Waals surface area contributed by atoms with Crippen LogP contribution in [-0.2, 0) is 12.6 Å². The first kappa shape index (κ1) is 40.5. The SMILES string of the molecule is C#Cc1ccc(NC(=C)C(C)(Cc2cccc(-c3cccc(C)c3)c2)C2CCN(Sc3ccc(C)cc3)CC2)cc1C(F)(F)F.CC.CNC. The molecule has 1 unspecified atom stereocenters. The van der Waals surface area contributed by atoms with Crippen molar-refractivity contribution in [1.29, 1.82) is 0 Å². The van der Waals surface area contributed by atoms with Gasteiger partial charge in [0.1, 0.15) is 0 Å². The zero-order valence-corrected chi connectivity index (χ0v) is 31.4. The Morgan fingerprint density at radius 3 is 2.06 bits per heavy atom. The van der Waals surface area contributed by atoms with Crippen molar-refractivity contribution in [3.05, 3.63) is 131 Å². The fraction of sp³-hybridized carbons (Fsp3) is 0.349. The summed E-state index contributed by atoms with van der Waals surface area (Å²) >= 11 is 1.78. The number of nitrogens with one attached hydrogen (secondary N) is 2. The Labute approximate surface area is 302 Å². The molecule has 1 saturated heterocycles. The summed E-state index contributed by atoms with van der Waals surface area (Å²) in [5, 5.41) is 6.04. The normalized spacial score (nSPS) is 14.6. The van der Waals surface area contributed by atoms with Crippen molar-refractivity contribution < 1.29 is 13.2 Å². The van der Waals surface area contributed by atoms with Crippen LogP contribution in [0.1, 0.15) is 61.4 Å². The number of alkyl halides is 3. The number of allylic oxidation sites excluding steroid dienone is 1. The highest BCUT2D eigenvalue weighted by molar-refractivity contribution is 7.97. The lowest BCUT2D eigenvalue weighted by atomic mass is 9.67. The standard InChI is InChI=1S/C39H39F3N2S.C2H7N.C2H6/c1-6-31-15-16-35(25-37(31)39(40,41)42)43-29(4)38(5,26-30-10-8-12-33(24-30)32-11-7-9-28(3)23-32)34-19-21-44(22-20-34)45-36-17-13-27(2)14-18-36;1-3-2;1-2/h1,7-18,23-25,34,43H,4,19-22,26H2,2-3,5H3;3H,1-2H3;1-2H3. The van der Waals surface area contributed by atoms with E-state index >= 15 is 0 Å². The van der Waals surface area contributed by atoms with E-state index in [1.54, 1.807) is 18.0 Å². The molecule has 0 aliphatic carbocycles. The van der Waals surface area contributed by atoms with Gasteiger partial charge in [-0.05, 0) is 112 Å². The van der Waals surface area contributed by atoms with Crippen molar-refractivity contribution in [3.8, 4) is 23.5 Å². The van der Waals surface area contributed by atoms with Gasteiger partial charge in [-0.25, -0.2) is 4.31 Å². The number of halogens is 3. The van der Waals surface area contributed by atoms with E-state index in [-0.39, 0.29) is 11.5 Å². The summed E-state index contributed by atoms with van der Waals surface area (Å²) in [4.78, 5) is 1.22. The van der Waals surface area contributed by atoms with Crippen LogP contribution < -0.4 is 10.6 Å². The Kier molecular flexibility index (Phi) is 15.3. The van der Waals surface area contributed by atoms with Crippen LogP contribution in [0.3, 0.4) is 0 Å². The van der Waals surface area contributed by atoms with Crippen LogP contribution in [0.5, 0.6) is 0 Å². The highest BCUT2D eigenvalue weighted by Crippen LogP contribution is 2.45. The lowest BCUT2D eigenvalue weighted by Crippen LogP contribution is -2.41. The van der Waals surface area contributed by atoms with Gasteiger partial charge in [0.25, 0.3) is 0 Å². The van der Waals surface area contributed by atoms with E-state index in [1.807, 2.05) is 27.9 Å². The number of hydrogen-bond acceptors (Lipinski definition) is 4. The number of rotatable bonds is 9. The maximum Gasteiger partial charge on any atom is 0.417 e. The van der Waals surface area contributed by atoms with E-state index in [1.165, 1.54) is 22.1 Å². The number of terminal acetylenes is 1. The van der Waals surface area contributed by atoms with Gasteiger partial charge in [0.2, 0.25) is 0 Å². The Morgan fingerprint density at radius 1 is 0.880 bits per heavy atom. The predicted molar refractivity (Wildman–Crippen MR) is 208 cm³/mol. The molecule has 1 aliphatic rings. The monoisotopic (exact) mass is 699 g/mol. The fourth-order valence-electron chi connectivity index (χ4n) is 6.24. The average Bonchev–Trinajstić information content (AvgIpc) is 3.10. The lowest BCUT2D eigenvalue weighted by Gasteiger charge is -2.44. The van der Waals surface area contributed by atoms with E-state index in [0.29, 0.717) is 17.8 Å². The third kappa shape index (κ3) is 11.0. The number of aryl methyl sites for hydroxylation is 2. The molecule has 266 valence electrons. The molecule has 5 rings (SSSR count). The molecule has 3 nitrogen and oxygen atoms in total. The van der Waals surface area contributed by atoms with Gasteiger partial charge in [0.15, 0.2) is 0 Å². The van der Waals surface area contributed by atoms with Gasteiger partial charge in [-0.3, -0.25) is 0 Å². The Balaban J connectivity index is 0.00000128. The minimum atomic E-state index is -4.55. The minimum Gasteiger partial charge on any atom is -0.359 e. The van der Waals surface area contributed by atoms with Gasteiger partial charge in [-0.1, -0.05) is 105 Å². The van der Waals surface area contributed by atoms with E-state index in [4.69, 9.17) is 6.42 Å². The van der Waals surface area contributed by atoms with Gasteiger partial charge in [0.05, 0.1) is 5.56 Å². The van der Waals surface area contributed by atoms with Crippen LogP contribution in [0.2, 0.25) is 0 Å². The van der Waals surface area contributed by atoms with Gasteiger partial charge in [-0.15, -0.1) is 6.42 Å². The maximum atomic E-state index is 13.8. The van der Waals surface area contributed by atoms with Gasteiger partial charge < -0.3 is 10.6 Å². The van der Waals surface area contributed by atoms with Crippen molar-refractivity contribution >= 4 is 17.6 Å². The largest absolute Gasteiger partial charge is 0.417 e. The predicted octanol–water partition coefficient (Wildman–Crippen LogP) is 11.4.